The van der Waals surface area contributed by atoms with Gasteiger partial charge < -0.3 is 5.11 Å². The second-order valence-electron chi connectivity index (χ2n) is 8.68. The third kappa shape index (κ3) is 5.13. The van der Waals surface area contributed by atoms with Crippen LogP contribution in [0.3, 0.4) is 0 Å². The van der Waals surface area contributed by atoms with Crippen molar-refractivity contribution >= 4 is 40.8 Å². The number of halogens is 4. The smallest absolute Gasteiger partial charge is 0.337 e. The van der Waals surface area contributed by atoms with Crippen molar-refractivity contribution in [2.75, 3.05) is 0 Å². The third-order valence-corrected chi connectivity index (χ3v) is 6.74. The molecule has 0 aliphatic carbocycles. The number of carbonyl (C=O) groups excluding carboxylic acids is 1. The van der Waals surface area contributed by atoms with Gasteiger partial charge in [-0.25, -0.2) is 5.01 Å². The summed E-state index contributed by atoms with van der Waals surface area (Å²) in [4.78, 5) is 23.9. The molecule has 9 heteroatoms. The van der Waals surface area contributed by atoms with Gasteiger partial charge in [0.05, 0.1) is 11.8 Å². The lowest BCUT2D eigenvalue weighted by Crippen LogP contribution is -2.42. The number of hydrogen-bond acceptors (Lipinski definition) is 3. The maximum absolute atomic E-state index is 14.6. The molecule has 1 aliphatic heterocycles. The molecule has 1 unspecified atom stereocenters. The minimum absolute atomic E-state index is 0.152. The van der Waals surface area contributed by atoms with Crippen LogP contribution in [-0.2, 0) is 9.59 Å². The van der Waals surface area contributed by atoms with E-state index in [2.05, 4.69) is 5.10 Å². The van der Waals surface area contributed by atoms with Crippen molar-refractivity contribution in [2.24, 2.45) is 5.10 Å². The fraction of sp³-hybridized carbons (Fsp3) is 0.222. The third-order valence-electron chi connectivity index (χ3n) is 6.24. The van der Waals surface area contributed by atoms with Gasteiger partial charge >= 0.3 is 17.8 Å². The van der Waals surface area contributed by atoms with E-state index in [0.29, 0.717) is 31.9 Å². The molecule has 0 spiro atoms. The van der Waals surface area contributed by atoms with Gasteiger partial charge in [0.2, 0.25) is 0 Å². The van der Waals surface area contributed by atoms with Crippen LogP contribution >= 0.6 is 23.2 Å². The van der Waals surface area contributed by atoms with Crippen LogP contribution in [0.4, 0.5) is 8.78 Å². The Morgan fingerprint density at radius 1 is 1.00 bits per heavy atom. The Morgan fingerprint density at radius 2 is 1.58 bits per heavy atom. The van der Waals surface area contributed by atoms with Crippen molar-refractivity contribution in [3.63, 3.8) is 0 Å². The Kier molecular flexibility index (Phi) is 7.16. The lowest BCUT2D eigenvalue weighted by molar-refractivity contribution is -0.167. The number of hydrazone groups is 1. The van der Waals surface area contributed by atoms with Crippen molar-refractivity contribution in [3.8, 4) is 11.1 Å². The summed E-state index contributed by atoms with van der Waals surface area (Å²) >= 11 is 12.1. The minimum Gasteiger partial charge on any atom is -0.481 e. The summed E-state index contributed by atoms with van der Waals surface area (Å²) in [7, 11) is 0. The molecule has 0 aromatic heterocycles. The highest BCUT2D eigenvalue weighted by molar-refractivity contribution is 6.30. The molecule has 1 heterocycles. The quantitative estimate of drug-likeness (QED) is 0.370. The lowest BCUT2D eigenvalue weighted by atomic mass is 9.88. The van der Waals surface area contributed by atoms with Crippen molar-refractivity contribution in [2.45, 2.75) is 38.7 Å². The van der Waals surface area contributed by atoms with Gasteiger partial charge in [0.25, 0.3) is 0 Å². The molecule has 0 fully saturated rings. The second-order valence-corrected chi connectivity index (χ2v) is 9.55. The highest BCUT2D eigenvalue weighted by Crippen LogP contribution is 2.40. The highest BCUT2D eigenvalue weighted by atomic mass is 35.5. The number of benzene rings is 3. The number of carbonyl (C=O) groups is 2. The van der Waals surface area contributed by atoms with Gasteiger partial charge in [0.15, 0.2) is 0 Å². The first kappa shape index (κ1) is 25.8. The van der Waals surface area contributed by atoms with Gasteiger partial charge in [-0.2, -0.15) is 13.9 Å². The minimum atomic E-state index is -4.13. The predicted molar refractivity (Wildman–Crippen MR) is 136 cm³/mol. The lowest BCUT2D eigenvalue weighted by Gasteiger charge is -2.25. The zero-order chi connectivity index (χ0) is 26.2. The van der Waals surface area contributed by atoms with Crippen molar-refractivity contribution in [1.29, 1.82) is 0 Å². The maximum atomic E-state index is 14.6. The van der Waals surface area contributed by atoms with E-state index >= 15 is 0 Å². The fourth-order valence-corrected chi connectivity index (χ4v) is 4.53. The number of carboxylic acids is 1. The molecule has 0 radical (unpaired) electrons. The average molecular weight is 531 g/mol. The van der Waals surface area contributed by atoms with Crippen LogP contribution in [0, 0.1) is 13.8 Å². The monoisotopic (exact) mass is 530 g/mol. The number of hydrogen-bond donors (Lipinski definition) is 1. The maximum Gasteiger partial charge on any atom is 0.337 e. The average Bonchev–Trinajstić information content (AvgIpc) is 3.25. The molecule has 1 atom stereocenters. The topological polar surface area (TPSA) is 70.0 Å². The zero-order valence-electron chi connectivity index (χ0n) is 19.4. The normalized spacial score (nSPS) is 15.7. The molecule has 5 nitrogen and oxygen atoms in total. The molecule has 1 amide bonds. The summed E-state index contributed by atoms with van der Waals surface area (Å²) in [5, 5.41) is 15.0. The number of aryl methyl sites for hydroxylation is 1. The number of carboxylic acid groups (broad SMARTS) is 1. The summed E-state index contributed by atoms with van der Waals surface area (Å²) in [5.74, 6) is -7.58. The van der Waals surface area contributed by atoms with Gasteiger partial charge in [0.1, 0.15) is 6.42 Å². The molecule has 0 saturated heterocycles. The van der Waals surface area contributed by atoms with E-state index < -0.39 is 30.3 Å². The Bertz CT molecular complexity index is 1360. The summed E-state index contributed by atoms with van der Waals surface area (Å²) in [6, 6.07) is 16.6. The standard InChI is InChI=1S/C27H22Cl2F2N2O3/c1-15-3-12-21(25(16(15)2)18-6-10-20(29)11-7-18)22-13-23(17-4-8-19(28)9-5-17)33(32-22)26(36)27(30,31)14-24(34)35/h3-12,23H,13-14H2,1-2H3,(H,34,35). The van der Waals surface area contributed by atoms with E-state index in [1.165, 1.54) is 0 Å². The fourth-order valence-electron chi connectivity index (χ4n) is 4.28. The van der Waals surface area contributed by atoms with Crippen LogP contribution in [0.1, 0.15) is 41.1 Å². The molecule has 186 valence electrons. The van der Waals surface area contributed by atoms with E-state index in [-0.39, 0.29) is 6.42 Å². The SMILES string of the molecule is Cc1ccc(C2=NN(C(=O)C(F)(F)CC(=O)O)C(c3ccc(Cl)cc3)C2)c(-c2ccc(Cl)cc2)c1C. The molecule has 0 saturated carbocycles. The van der Waals surface area contributed by atoms with Gasteiger partial charge in [-0.1, -0.05) is 59.6 Å². The first-order valence-electron chi connectivity index (χ1n) is 11.1. The number of aliphatic carboxylic acids is 1. The van der Waals surface area contributed by atoms with Gasteiger partial charge in [0, 0.05) is 22.0 Å². The number of nitrogens with zero attached hydrogens (tertiary/aromatic N) is 2. The van der Waals surface area contributed by atoms with Crippen LogP contribution in [0.5, 0.6) is 0 Å². The number of amides is 1. The zero-order valence-corrected chi connectivity index (χ0v) is 20.9. The molecule has 3 aromatic rings. The second kappa shape index (κ2) is 9.99. The summed E-state index contributed by atoms with van der Waals surface area (Å²) in [5.41, 5.74) is 5.39. The Hall–Kier alpha value is -3.29. The summed E-state index contributed by atoms with van der Waals surface area (Å²) < 4.78 is 29.3. The number of rotatable bonds is 6. The van der Waals surface area contributed by atoms with E-state index in [0.717, 1.165) is 22.3 Å². The molecule has 1 N–H and O–H groups in total. The largest absolute Gasteiger partial charge is 0.481 e. The van der Waals surface area contributed by atoms with Gasteiger partial charge in [-0.05, 0) is 65.9 Å². The van der Waals surface area contributed by atoms with E-state index in [4.69, 9.17) is 28.3 Å². The first-order chi connectivity index (χ1) is 17.0. The summed E-state index contributed by atoms with van der Waals surface area (Å²) in [6.45, 7) is 3.92. The van der Waals surface area contributed by atoms with Crippen LogP contribution < -0.4 is 0 Å². The van der Waals surface area contributed by atoms with E-state index in [9.17, 15) is 18.4 Å². The Morgan fingerprint density at radius 3 is 2.17 bits per heavy atom. The predicted octanol–water partition coefficient (Wildman–Crippen LogP) is 7.06. The Balaban J connectivity index is 1.84. The van der Waals surface area contributed by atoms with Gasteiger partial charge in [-0.3, -0.25) is 9.59 Å². The van der Waals surface area contributed by atoms with Crippen molar-refractivity contribution in [1.82, 2.24) is 5.01 Å². The summed E-state index contributed by atoms with van der Waals surface area (Å²) in [6.07, 6.45) is -1.47. The molecule has 36 heavy (non-hydrogen) atoms. The van der Waals surface area contributed by atoms with Crippen molar-refractivity contribution in [3.05, 3.63) is 93.0 Å². The van der Waals surface area contributed by atoms with Crippen LogP contribution in [-0.4, -0.2) is 33.6 Å². The first-order valence-corrected chi connectivity index (χ1v) is 11.9. The molecule has 4 rings (SSSR count). The van der Waals surface area contributed by atoms with Crippen LogP contribution in [0.25, 0.3) is 11.1 Å². The van der Waals surface area contributed by atoms with Crippen LogP contribution in [0.15, 0.2) is 65.8 Å². The molecular weight excluding hydrogens is 509 g/mol. The molecule has 1 aliphatic rings. The molecule has 0 bridgehead atoms. The van der Waals surface area contributed by atoms with Crippen LogP contribution in [0.2, 0.25) is 10.0 Å². The van der Waals surface area contributed by atoms with E-state index in [1.807, 2.05) is 38.1 Å². The Labute approximate surface area is 217 Å². The van der Waals surface area contributed by atoms with Crippen molar-refractivity contribution < 1.29 is 23.5 Å². The van der Waals surface area contributed by atoms with Gasteiger partial charge in [-0.15, -0.1) is 0 Å². The molecular formula is C27H22Cl2F2N2O3. The molecule has 3 aromatic carbocycles. The van der Waals surface area contributed by atoms with E-state index in [1.54, 1.807) is 36.4 Å². The number of alkyl halides is 2. The highest BCUT2D eigenvalue weighted by Gasteiger charge is 2.48.